The van der Waals surface area contributed by atoms with E-state index in [0.717, 1.165) is 38.9 Å². The van der Waals surface area contributed by atoms with Gasteiger partial charge in [-0.25, -0.2) is 15.0 Å². The lowest BCUT2D eigenvalue weighted by atomic mass is 10.3. The predicted octanol–water partition coefficient (Wildman–Crippen LogP) is 5.10. The molecule has 0 radical (unpaired) electrons. The second-order valence-electron chi connectivity index (χ2n) is 5.46. The van der Waals surface area contributed by atoms with Crippen molar-refractivity contribution in [2.75, 3.05) is 5.32 Å². The van der Waals surface area contributed by atoms with E-state index in [9.17, 15) is 0 Å². The number of anilines is 2. The Morgan fingerprint density at radius 1 is 1.17 bits per heavy atom. The third kappa shape index (κ3) is 2.74. The molecule has 4 rings (SSSR count). The van der Waals surface area contributed by atoms with Gasteiger partial charge in [0.2, 0.25) is 0 Å². The molecule has 0 spiro atoms. The van der Waals surface area contributed by atoms with Crippen LogP contribution >= 0.6 is 22.9 Å². The van der Waals surface area contributed by atoms with E-state index in [1.165, 1.54) is 11.2 Å². The fourth-order valence-corrected chi connectivity index (χ4v) is 3.52. The molecule has 0 bridgehead atoms. The number of benzene rings is 1. The molecule has 0 saturated carbocycles. The molecule has 0 fully saturated rings. The number of hydrogen-bond acceptors (Lipinski definition) is 5. The number of hydrogen-bond donors (Lipinski definition) is 2. The van der Waals surface area contributed by atoms with Crippen LogP contribution in [0.5, 0.6) is 0 Å². The van der Waals surface area contributed by atoms with Crippen LogP contribution < -0.4 is 5.32 Å². The summed E-state index contributed by atoms with van der Waals surface area (Å²) in [5, 5.41) is 5.84. The van der Waals surface area contributed by atoms with E-state index in [0.29, 0.717) is 5.02 Å². The molecule has 24 heavy (non-hydrogen) atoms. The van der Waals surface area contributed by atoms with Crippen LogP contribution in [0.1, 0.15) is 10.6 Å². The number of rotatable bonds is 3. The minimum atomic E-state index is 0.675. The zero-order chi connectivity index (χ0) is 16.7. The van der Waals surface area contributed by atoms with E-state index >= 15 is 0 Å². The van der Waals surface area contributed by atoms with Crippen molar-refractivity contribution >= 4 is 45.5 Å². The summed E-state index contributed by atoms with van der Waals surface area (Å²) in [5.74, 6) is 0.731. The Morgan fingerprint density at radius 3 is 2.79 bits per heavy atom. The SMILES string of the molecule is Cc1nc(-c2cc3c(Nc4cccc(Cl)c4)ncnc3[nH]2)sc1C. The fourth-order valence-electron chi connectivity index (χ4n) is 2.45. The van der Waals surface area contributed by atoms with Crippen molar-refractivity contribution in [2.45, 2.75) is 13.8 Å². The number of aromatic nitrogens is 4. The Hall–Kier alpha value is -2.44. The standard InChI is InChI=1S/C17H14ClN5S/c1-9-10(2)24-17(21-9)14-7-13-15(19-8-20-16(13)23-14)22-12-5-3-4-11(18)6-12/h3-8H,1-2H3,(H2,19,20,22,23). The zero-order valence-corrected chi connectivity index (χ0v) is 14.7. The zero-order valence-electron chi connectivity index (χ0n) is 13.1. The Kier molecular flexibility index (Phi) is 3.70. The van der Waals surface area contributed by atoms with Gasteiger partial charge in [0.1, 0.15) is 22.8 Å². The number of nitrogens with one attached hydrogen (secondary N) is 2. The van der Waals surface area contributed by atoms with E-state index in [2.05, 4.69) is 32.2 Å². The number of aromatic amines is 1. The van der Waals surface area contributed by atoms with Gasteiger partial charge in [-0.15, -0.1) is 11.3 Å². The monoisotopic (exact) mass is 355 g/mol. The van der Waals surface area contributed by atoms with Crippen molar-refractivity contribution in [1.29, 1.82) is 0 Å². The first kappa shape index (κ1) is 15.1. The van der Waals surface area contributed by atoms with Crippen LogP contribution in [0.3, 0.4) is 0 Å². The average Bonchev–Trinajstić information content (AvgIpc) is 3.12. The Balaban J connectivity index is 1.77. The second kappa shape index (κ2) is 5.89. The van der Waals surface area contributed by atoms with Crippen molar-refractivity contribution < 1.29 is 0 Å². The van der Waals surface area contributed by atoms with E-state index in [1.807, 2.05) is 37.3 Å². The summed E-state index contributed by atoms with van der Waals surface area (Å²) in [6, 6.07) is 9.56. The molecular weight excluding hydrogens is 342 g/mol. The molecule has 0 saturated heterocycles. The molecule has 0 amide bonds. The maximum atomic E-state index is 6.04. The van der Waals surface area contributed by atoms with Gasteiger partial charge in [0.15, 0.2) is 0 Å². The molecule has 3 aromatic heterocycles. The number of halogens is 1. The van der Waals surface area contributed by atoms with Crippen LogP contribution in [0.2, 0.25) is 5.02 Å². The summed E-state index contributed by atoms with van der Waals surface area (Å²) >= 11 is 7.71. The third-order valence-corrected chi connectivity index (χ3v) is 5.11. The van der Waals surface area contributed by atoms with Crippen LogP contribution in [-0.4, -0.2) is 19.9 Å². The highest BCUT2D eigenvalue weighted by molar-refractivity contribution is 7.15. The Bertz CT molecular complexity index is 1020. The molecule has 0 aliphatic heterocycles. The maximum absolute atomic E-state index is 6.04. The molecular formula is C17H14ClN5S. The van der Waals surface area contributed by atoms with Gasteiger partial charge in [-0.3, -0.25) is 0 Å². The van der Waals surface area contributed by atoms with Crippen molar-refractivity contribution in [1.82, 2.24) is 19.9 Å². The molecule has 3 heterocycles. The van der Waals surface area contributed by atoms with Crippen molar-refractivity contribution in [3.8, 4) is 10.7 Å². The summed E-state index contributed by atoms with van der Waals surface area (Å²) in [7, 11) is 0. The summed E-state index contributed by atoms with van der Waals surface area (Å²) in [6.07, 6.45) is 1.54. The average molecular weight is 356 g/mol. The van der Waals surface area contributed by atoms with Gasteiger partial charge in [0, 0.05) is 15.6 Å². The Labute approximate surface area is 147 Å². The van der Waals surface area contributed by atoms with Crippen LogP contribution in [0, 0.1) is 13.8 Å². The van der Waals surface area contributed by atoms with Crippen LogP contribution in [0.15, 0.2) is 36.7 Å². The fraction of sp³-hybridized carbons (Fsp3) is 0.118. The highest BCUT2D eigenvalue weighted by Gasteiger charge is 2.13. The molecule has 4 aromatic rings. The Morgan fingerprint density at radius 2 is 2.04 bits per heavy atom. The van der Waals surface area contributed by atoms with Crippen LogP contribution in [0.4, 0.5) is 11.5 Å². The summed E-state index contributed by atoms with van der Waals surface area (Å²) in [4.78, 5) is 17.8. The topological polar surface area (TPSA) is 66.5 Å². The van der Waals surface area contributed by atoms with Gasteiger partial charge >= 0.3 is 0 Å². The highest BCUT2D eigenvalue weighted by atomic mass is 35.5. The van der Waals surface area contributed by atoms with Gasteiger partial charge in [0.05, 0.1) is 16.8 Å². The number of thiazole rings is 1. The van der Waals surface area contributed by atoms with Gasteiger partial charge < -0.3 is 10.3 Å². The van der Waals surface area contributed by atoms with E-state index in [1.54, 1.807) is 11.3 Å². The molecule has 0 aliphatic rings. The minimum absolute atomic E-state index is 0.675. The molecule has 2 N–H and O–H groups in total. The largest absolute Gasteiger partial charge is 0.340 e. The lowest BCUT2D eigenvalue weighted by Crippen LogP contribution is -1.94. The molecule has 0 atom stereocenters. The van der Waals surface area contributed by atoms with E-state index in [-0.39, 0.29) is 0 Å². The van der Waals surface area contributed by atoms with E-state index < -0.39 is 0 Å². The number of H-pyrrole nitrogens is 1. The van der Waals surface area contributed by atoms with Crippen LogP contribution in [0.25, 0.3) is 21.7 Å². The van der Waals surface area contributed by atoms with Crippen molar-refractivity contribution in [2.24, 2.45) is 0 Å². The first-order chi connectivity index (χ1) is 11.6. The van der Waals surface area contributed by atoms with Gasteiger partial charge in [-0.1, -0.05) is 17.7 Å². The number of nitrogens with zero attached hydrogens (tertiary/aromatic N) is 3. The molecule has 0 unspecified atom stereocenters. The number of fused-ring (bicyclic) bond motifs is 1. The maximum Gasteiger partial charge on any atom is 0.143 e. The summed E-state index contributed by atoms with van der Waals surface area (Å²) in [5.41, 5.74) is 3.65. The highest BCUT2D eigenvalue weighted by Crippen LogP contribution is 2.31. The normalized spacial score (nSPS) is 11.1. The summed E-state index contributed by atoms with van der Waals surface area (Å²) in [6.45, 7) is 4.09. The molecule has 0 aliphatic carbocycles. The first-order valence-electron chi connectivity index (χ1n) is 7.41. The van der Waals surface area contributed by atoms with Crippen LogP contribution in [-0.2, 0) is 0 Å². The lowest BCUT2D eigenvalue weighted by Gasteiger charge is -2.06. The quantitative estimate of drug-likeness (QED) is 0.536. The first-order valence-corrected chi connectivity index (χ1v) is 8.60. The molecule has 7 heteroatoms. The van der Waals surface area contributed by atoms with Gasteiger partial charge in [-0.2, -0.15) is 0 Å². The molecule has 5 nitrogen and oxygen atoms in total. The lowest BCUT2D eigenvalue weighted by molar-refractivity contribution is 1.19. The molecule has 120 valence electrons. The van der Waals surface area contributed by atoms with Crippen molar-refractivity contribution in [3.05, 3.63) is 52.3 Å². The minimum Gasteiger partial charge on any atom is -0.340 e. The van der Waals surface area contributed by atoms with E-state index in [4.69, 9.17) is 11.6 Å². The predicted molar refractivity (Wildman–Crippen MR) is 99.2 cm³/mol. The summed E-state index contributed by atoms with van der Waals surface area (Å²) < 4.78 is 0. The van der Waals surface area contributed by atoms with Crippen molar-refractivity contribution in [3.63, 3.8) is 0 Å². The molecule has 1 aromatic carbocycles. The third-order valence-electron chi connectivity index (χ3n) is 3.77. The van der Waals surface area contributed by atoms with Gasteiger partial charge in [-0.05, 0) is 38.1 Å². The smallest absolute Gasteiger partial charge is 0.143 e. The second-order valence-corrected chi connectivity index (χ2v) is 7.10. The van der Waals surface area contributed by atoms with Gasteiger partial charge in [0.25, 0.3) is 0 Å². The number of aryl methyl sites for hydroxylation is 2.